The number of nitrogens with zero attached hydrogens (tertiary/aromatic N) is 2. The highest BCUT2D eigenvalue weighted by Gasteiger charge is 2.32. The summed E-state index contributed by atoms with van der Waals surface area (Å²) in [7, 11) is 3.37. The Morgan fingerprint density at radius 1 is 1.20 bits per heavy atom. The highest BCUT2D eigenvalue weighted by molar-refractivity contribution is 5.98. The molecule has 136 valence electrons. The quantitative estimate of drug-likeness (QED) is 0.904. The van der Waals surface area contributed by atoms with Crippen molar-refractivity contribution < 1.29 is 14.3 Å². The molecule has 1 aromatic heterocycles. The van der Waals surface area contributed by atoms with E-state index in [2.05, 4.69) is 23.7 Å². The molecule has 0 aliphatic carbocycles. The highest BCUT2D eigenvalue weighted by atomic mass is 16.5. The largest absolute Gasteiger partial charge is 0.497 e. The SMILES string of the molecule is COCCN1[C@H](C)CN(C(=O)c2cc3cc(OC)ccc3[nH]2)C[C@@H]1C. The number of ether oxygens (including phenoxy) is 2. The standard InChI is InChI=1S/C19H27N3O3/c1-13-11-21(12-14(2)22(13)7-8-24-3)19(23)18-10-15-9-16(25-4)5-6-17(15)20-18/h5-6,9-10,13-14,20H,7-8,11-12H2,1-4H3/t13-,14+. The average molecular weight is 345 g/mol. The second kappa shape index (κ2) is 7.45. The van der Waals surface area contributed by atoms with Crippen LogP contribution in [0.4, 0.5) is 0 Å². The predicted molar refractivity (Wildman–Crippen MR) is 98.3 cm³/mol. The van der Waals surface area contributed by atoms with Gasteiger partial charge in [0.2, 0.25) is 0 Å². The number of hydrogen-bond acceptors (Lipinski definition) is 4. The molecule has 25 heavy (non-hydrogen) atoms. The zero-order valence-corrected chi connectivity index (χ0v) is 15.4. The Bertz CT molecular complexity index is 731. The van der Waals surface area contributed by atoms with E-state index >= 15 is 0 Å². The Morgan fingerprint density at radius 2 is 1.92 bits per heavy atom. The Hall–Kier alpha value is -2.05. The van der Waals surface area contributed by atoms with E-state index in [9.17, 15) is 4.79 Å². The monoisotopic (exact) mass is 345 g/mol. The number of carbonyl (C=O) groups excluding carboxylic acids is 1. The van der Waals surface area contributed by atoms with E-state index in [0.717, 1.165) is 36.3 Å². The third kappa shape index (κ3) is 3.65. The number of carbonyl (C=O) groups is 1. The summed E-state index contributed by atoms with van der Waals surface area (Å²) in [5.74, 6) is 0.847. The third-order valence-corrected chi connectivity index (χ3v) is 5.00. The molecule has 3 rings (SSSR count). The maximum Gasteiger partial charge on any atom is 0.270 e. The van der Waals surface area contributed by atoms with Crippen molar-refractivity contribution in [3.05, 3.63) is 30.0 Å². The summed E-state index contributed by atoms with van der Waals surface area (Å²) in [6, 6.07) is 8.31. The lowest BCUT2D eigenvalue weighted by atomic mass is 10.1. The van der Waals surface area contributed by atoms with Crippen LogP contribution in [0.1, 0.15) is 24.3 Å². The van der Waals surface area contributed by atoms with E-state index in [1.165, 1.54) is 0 Å². The van der Waals surface area contributed by atoms with Gasteiger partial charge >= 0.3 is 0 Å². The van der Waals surface area contributed by atoms with Gasteiger partial charge in [-0.25, -0.2) is 0 Å². The van der Waals surface area contributed by atoms with E-state index in [4.69, 9.17) is 9.47 Å². The highest BCUT2D eigenvalue weighted by Crippen LogP contribution is 2.23. The Kier molecular flexibility index (Phi) is 5.30. The van der Waals surface area contributed by atoms with Crippen molar-refractivity contribution in [2.24, 2.45) is 0 Å². The number of H-pyrrole nitrogens is 1. The molecule has 1 fully saturated rings. The van der Waals surface area contributed by atoms with E-state index in [0.29, 0.717) is 24.4 Å². The number of benzene rings is 1. The molecule has 1 amide bonds. The number of piperazine rings is 1. The summed E-state index contributed by atoms with van der Waals surface area (Å²) in [6.45, 7) is 7.40. The fraction of sp³-hybridized carbons (Fsp3) is 0.526. The Morgan fingerprint density at radius 3 is 2.56 bits per heavy atom. The molecule has 0 bridgehead atoms. The van der Waals surface area contributed by atoms with Crippen molar-refractivity contribution in [2.45, 2.75) is 25.9 Å². The lowest BCUT2D eigenvalue weighted by Gasteiger charge is -2.44. The number of nitrogens with one attached hydrogen (secondary N) is 1. The molecule has 0 unspecified atom stereocenters. The minimum atomic E-state index is 0.0558. The average Bonchev–Trinajstić information content (AvgIpc) is 3.03. The van der Waals surface area contributed by atoms with E-state index in [1.807, 2.05) is 29.2 Å². The molecule has 0 radical (unpaired) electrons. The third-order valence-electron chi connectivity index (χ3n) is 5.00. The number of fused-ring (bicyclic) bond motifs is 1. The predicted octanol–water partition coefficient (Wildman–Crippen LogP) is 2.36. The number of aromatic nitrogens is 1. The number of amides is 1. The van der Waals surface area contributed by atoms with Gasteiger partial charge in [0.25, 0.3) is 5.91 Å². The first-order valence-electron chi connectivity index (χ1n) is 8.74. The maximum atomic E-state index is 13.0. The molecule has 1 saturated heterocycles. The molecule has 0 saturated carbocycles. The van der Waals surface area contributed by atoms with Gasteiger partial charge in [-0.05, 0) is 38.1 Å². The van der Waals surface area contributed by atoms with Crippen LogP contribution in [0.3, 0.4) is 0 Å². The number of hydrogen-bond donors (Lipinski definition) is 1. The van der Waals surface area contributed by atoms with Crippen LogP contribution in [0.5, 0.6) is 5.75 Å². The fourth-order valence-electron chi connectivity index (χ4n) is 3.68. The molecule has 1 N–H and O–H groups in total. The van der Waals surface area contributed by atoms with E-state index in [-0.39, 0.29) is 5.91 Å². The van der Waals surface area contributed by atoms with Crippen molar-refractivity contribution in [3.8, 4) is 5.75 Å². The van der Waals surface area contributed by atoms with E-state index < -0.39 is 0 Å². The van der Waals surface area contributed by atoms with Gasteiger partial charge in [0.05, 0.1) is 13.7 Å². The first-order chi connectivity index (χ1) is 12.0. The van der Waals surface area contributed by atoms with Crippen LogP contribution in [0, 0.1) is 0 Å². The van der Waals surface area contributed by atoms with Gasteiger partial charge in [-0.2, -0.15) is 0 Å². The summed E-state index contributed by atoms with van der Waals surface area (Å²) in [5.41, 5.74) is 1.58. The minimum Gasteiger partial charge on any atom is -0.497 e. The van der Waals surface area contributed by atoms with Crippen molar-refractivity contribution in [1.29, 1.82) is 0 Å². The van der Waals surface area contributed by atoms with Gasteiger partial charge in [-0.3, -0.25) is 9.69 Å². The fourth-order valence-corrected chi connectivity index (χ4v) is 3.68. The van der Waals surface area contributed by atoms with Crippen molar-refractivity contribution in [3.63, 3.8) is 0 Å². The zero-order chi connectivity index (χ0) is 18.0. The normalized spacial score (nSPS) is 21.7. The summed E-state index contributed by atoms with van der Waals surface area (Å²) in [6.07, 6.45) is 0. The van der Waals surface area contributed by atoms with Crippen LogP contribution in [-0.2, 0) is 4.74 Å². The second-order valence-electron chi connectivity index (χ2n) is 6.77. The molecule has 2 heterocycles. The van der Waals surface area contributed by atoms with Gasteiger partial charge in [0, 0.05) is 49.7 Å². The summed E-state index contributed by atoms with van der Waals surface area (Å²) < 4.78 is 10.5. The van der Waals surface area contributed by atoms with Crippen LogP contribution in [0.15, 0.2) is 24.3 Å². The molecule has 2 aromatic rings. The van der Waals surface area contributed by atoms with Crippen molar-refractivity contribution >= 4 is 16.8 Å². The molecular weight excluding hydrogens is 318 g/mol. The minimum absolute atomic E-state index is 0.0558. The molecule has 6 nitrogen and oxygen atoms in total. The summed E-state index contributed by atoms with van der Waals surface area (Å²) >= 11 is 0. The van der Waals surface area contributed by atoms with Crippen LogP contribution in [-0.4, -0.2) is 73.2 Å². The molecule has 1 aliphatic rings. The van der Waals surface area contributed by atoms with Crippen molar-refractivity contribution in [2.75, 3.05) is 40.5 Å². The lowest BCUT2D eigenvalue weighted by Crippen LogP contribution is -2.58. The first kappa shape index (κ1) is 17.8. The van der Waals surface area contributed by atoms with E-state index in [1.54, 1.807) is 14.2 Å². The van der Waals surface area contributed by atoms with Crippen LogP contribution in [0.25, 0.3) is 10.9 Å². The van der Waals surface area contributed by atoms with Crippen LogP contribution >= 0.6 is 0 Å². The Balaban J connectivity index is 1.75. The molecular formula is C19H27N3O3. The van der Waals surface area contributed by atoms with Gasteiger partial charge in [-0.15, -0.1) is 0 Å². The molecule has 1 aromatic carbocycles. The maximum absolute atomic E-state index is 13.0. The molecule has 0 spiro atoms. The topological polar surface area (TPSA) is 57.8 Å². The summed E-state index contributed by atoms with van der Waals surface area (Å²) in [5, 5.41) is 0.988. The van der Waals surface area contributed by atoms with Gasteiger partial charge in [0.15, 0.2) is 0 Å². The lowest BCUT2D eigenvalue weighted by molar-refractivity contribution is 0.0190. The number of rotatable bonds is 5. The molecule has 6 heteroatoms. The smallest absolute Gasteiger partial charge is 0.270 e. The Labute approximate surface area is 148 Å². The zero-order valence-electron chi connectivity index (χ0n) is 15.4. The van der Waals surface area contributed by atoms with Crippen molar-refractivity contribution in [1.82, 2.24) is 14.8 Å². The van der Waals surface area contributed by atoms with Gasteiger partial charge in [-0.1, -0.05) is 0 Å². The number of methoxy groups -OCH3 is 2. The van der Waals surface area contributed by atoms with Crippen LogP contribution in [0.2, 0.25) is 0 Å². The summed E-state index contributed by atoms with van der Waals surface area (Å²) in [4.78, 5) is 20.5. The molecule has 1 aliphatic heterocycles. The van der Waals surface area contributed by atoms with Gasteiger partial charge < -0.3 is 19.4 Å². The first-order valence-corrected chi connectivity index (χ1v) is 8.74. The second-order valence-corrected chi connectivity index (χ2v) is 6.77. The molecule has 2 atom stereocenters. The van der Waals surface area contributed by atoms with Gasteiger partial charge in [0.1, 0.15) is 11.4 Å². The van der Waals surface area contributed by atoms with Crippen LogP contribution < -0.4 is 4.74 Å². The number of aromatic amines is 1.